The Balaban J connectivity index is 1.93. The molecule has 138 valence electrons. The molecule has 8 heteroatoms. The van der Waals surface area contributed by atoms with Crippen LogP contribution in [0.25, 0.3) is 0 Å². The smallest absolute Gasteiger partial charge is 0.294 e. The Kier molecular flexibility index (Phi) is 4.56. The zero-order valence-electron chi connectivity index (χ0n) is 13.9. The molecule has 1 unspecified atom stereocenters. The largest absolute Gasteiger partial charge is 0.486 e. The zero-order valence-corrected chi connectivity index (χ0v) is 15.4. The quantitative estimate of drug-likeness (QED) is 0.760. The van der Waals surface area contributed by atoms with Gasteiger partial charge in [-0.15, -0.1) is 0 Å². The van der Waals surface area contributed by atoms with Gasteiger partial charge in [-0.05, 0) is 41.8 Å². The Hall–Kier alpha value is -1.80. The molecule has 2 aliphatic rings. The lowest BCUT2D eigenvalue weighted by Gasteiger charge is -2.26. The first-order valence-electron chi connectivity index (χ1n) is 8.35. The van der Waals surface area contributed by atoms with Crippen LogP contribution in [0.3, 0.4) is 0 Å². The third-order valence-corrected chi connectivity index (χ3v) is 6.09. The van der Waals surface area contributed by atoms with Gasteiger partial charge in [0.1, 0.15) is 13.2 Å². The van der Waals surface area contributed by atoms with Crippen LogP contribution < -0.4 is 14.8 Å². The summed E-state index contributed by atoms with van der Waals surface area (Å²) in [6, 6.07) is 8.36. The number of nitrogens with one attached hydrogen (secondary N) is 1. The van der Waals surface area contributed by atoms with Crippen molar-refractivity contribution in [3.63, 3.8) is 0 Å². The molecule has 2 aliphatic heterocycles. The van der Waals surface area contributed by atoms with Crippen molar-refractivity contribution >= 4 is 21.7 Å². The average molecular weight is 396 g/mol. The highest BCUT2D eigenvalue weighted by atomic mass is 35.5. The van der Waals surface area contributed by atoms with Gasteiger partial charge in [-0.2, -0.15) is 8.42 Å². The Morgan fingerprint density at radius 2 is 1.92 bits per heavy atom. The lowest BCUT2D eigenvalue weighted by molar-refractivity contribution is 0.171. The van der Waals surface area contributed by atoms with Crippen LogP contribution in [0.1, 0.15) is 22.6 Å². The Bertz CT molecular complexity index is 960. The molecule has 1 atom stereocenters. The number of halogens is 1. The molecule has 0 saturated carbocycles. The number of hydrogen-bond acceptors (Lipinski definition) is 5. The van der Waals surface area contributed by atoms with Crippen LogP contribution >= 0.6 is 11.6 Å². The van der Waals surface area contributed by atoms with Crippen molar-refractivity contribution in [1.29, 1.82) is 0 Å². The molecule has 0 spiro atoms. The summed E-state index contributed by atoms with van der Waals surface area (Å²) in [4.78, 5) is -0.0920. The summed E-state index contributed by atoms with van der Waals surface area (Å²) >= 11 is 6.60. The van der Waals surface area contributed by atoms with Gasteiger partial charge < -0.3 is 14.8 Å². The van der Waals surface area contributed by atoms with E-state index in [-0.39, 0.29) is 10.8 Å². The molecule has 2 aromatic carbocycles. The first kappa shape index (κ1) is 17.6. The number of rotatable bonds is 2. The van der Waals surface area contributed by atoms with Gasteiger partial charge in [-0.1, -0.05) is 29.8 Å². The summed E-state index contributed by atoms with van der Waals surface area (Å²) in [7, 11) is -4.34. The molecule has 0 saturated heterocycles. The Morgan fingerprint density at radius 3 is 2.73 bits per heavy atom. The van der Waals surface area contributed by atoms with Crippen LogP contribution in [-0.4, -0.2) is 39.3 Å². The predicted molar refractivity (Wildman–Crippen MR) is 97.1 cm³/mol. The number of fused-ring (bicyclic) bond motifs is 2. The fourth-order valence-corrected chi connectivity index (χ4v) is 4.73. The molecule has 4 rings (SSSR count). The van der Waals surface area contributed by atoms with Gasteiger partial charge in [0.2, 0.25) is 0 Å². The molecule has 2 heterocycles. The van der Waals surface area contributed by atoms with Crippen LogP contribution in [0.15, 0.2) is 35.2 Å². The van der Waals surface area contributed by atoms with Crippen molar-refractivity contribution in [2.45, 2.75) is 17.2 Å². The van der Waals surface area contributed by atoms with E-state index in [1.54, 1.807) is 18.2 Å². The maximum Gasteiger partial charge on any atom is 0.294 e. The second-order valence-electron chi connectivity index (χ2n) is 6.30. The summed E-state index contributed by atoms with van der Waals surface area (Å²) in [5.74, 6) is 0.815. The lowest BCUT2D eigenvalue weighted by atomic mass is 9.87. The van der Waals surface area contributed by atoms with Gasteiger partial charge in [0, 0.05) is 12.5 Å². The third kappa shape index (κ3) is 3.05. The van der Waals surface area contributed by atoms with E-state index in [1.165, 1.54) is 6.07 Å². The SMILES string of the molecule is O=S(=O)(O)c1ccccc1C1CNCCc2c1cc1c(c2Cl)OCCO1. The van der Waals surface area contributed by atoms with Gasteiger partial charge in [0.15, 0.2) is 11.5 Å². The first-order chi connectivity index (χ1) is 12.5. The average Bonchev–Trinajstić information content (AvgIpc) is 2.84. The fraction of sp³-hybridized carbons (Fsp3) is 0.333. The minimum atomic E-state index is -4.34. The van der Waals surface area contributed by atoms with Crippen molar-refractivity contribution in [3.8, 4) is 11.5 Å². The van der Waals surface area contributed by atoms with Gasteiger partial charge >= 0.3 is 0 Å². The molecular formula is C18H18ClNO5S. The summed E-state index contributed by atoms with van der Waals surface area (Å²) in [5, 5.41) is 3.83. The number of benzene rings is 2. The summed E-state index contributed by atoms with van der Waals surface area (Å²) in [5.41, 5.74) is 2.33. The summed E-state index contributed by atoms with van der Waals surface area (Å²) < 4.78 is 44.7. The second kappa shape index (κ2) is 6.74. The maximum absolute atomic E-state index is 11.9. The molecule has 0 aromatic heterocycles. The summed E-state index contributed by atoms with van der Waals surface area (Å²) in [6.45, 7) is 2.11. The second-order valence-corrected chi connectivity index (χ2v) is 8.07. The van der Waals surface area contributed by atoms with Crippen LogP contribution in [-0.2, 0) is 16.5 Å². The number of ether oxygens (including phenoxy) is 2. The van der Waals surface area contributed by atoms with Crippen LogP contribution in [0.2, 0.25) is 5.02 Å². The molecule has 2 N–H and O–H groups in total. The Morgan fingerprint density at radius 1 is 1.15 bits per heavy atom. The molecule has 6 nitrogen and oxygen atoms in total. The van der Waals surface area contributed by atoms with Crippen LogP contribution in [0, 0.1) is 0 Å². The molecule has 0 fully saturated rings. The van der Waals surface area contributed by atoms with Gasteiger partial charge in [0.05, 0.1) is 9.92 Å². The highest BCUT2D eigenvalue weighted by Crippen LogP contribution is 2.45. The molecule has 0 bridgehead atoms. The summed E-state index contributed by atoms with van der Waals surface area (Å²) in [6.07, 6.45) is 0.690. The highest BCUT2D eigenvalue weighted by molar-refractivity contribution is 7.85. The van der Waals surface area contributed by atoms with Crippen molar-refractivity contribution in [2.24, 2.45) is 0 Å². The van der Waals surface area contributed by atoms with E-state index in [0.29, 0.717) is 54.8 Å². The van der Waals surface area contributed by atoms with Crippen molar-refractivity contribution in [3.05, 3.63) is 52.0 Å². The Labute approximate surface area is 156 Å². The monoisotopic (exact) mass is 395 g/mol. The highest BCUT2D eigenvalue weighted by Gasteiger charge is 2.30. The standard InChI is InChI=1S/C18H18ClNO5S/c19-17-12-5-6-20-10-14(11-3-1-2-4-16(11)26(21,22)23)13(12)9-15-18(17)25-8-7-24-15/h1-4,9,14,20H,5-8,10H2,(H,21,22,23). The predicted octanol–water partition coefficient (Wildman–Crippen LogP) is 2.64. The van der Waals surface area contributed by atoms with E-state index in [9.17, 15) is 13.0 Å². The van der Waals surface area contributed by atoms with E-state index >= 15 is 0 Å². The van der Waals surface area contributed by atoms with E-state index < -0.39 is 10.1 Å². The zero-order chi connectivity index (χ0) is 18.3. The van der Waals surface area contributed by atoms with E-state index in [4.69, 9.17) is 21.1 Å². The number of hydrogen-bond donors (Lipinski definition) is 2. The third-order valence-electron chi connectivity index (χ3n) is 4.76. The minimum Gasteiger partial charge on any atom is -0.486 e. The van der Waals surface area contributed by atoms with Crippen molar-refractivity contribution in [1.82, 2.24) is 5.32 Å². The van der Waals surface area contributed by atoms with Crippen LogP contribution in [0.5, 0.6) is 11.5 Å². The maximum atomic E-state index is 11.9. The normalized spacial score (nSPS) is 19.5. The molecule has 2 aromatic rings. The van der Waals surface area contributed by atoms with Crippen LogP contribution in [0.4, 0.5) is 0 Å². The van der Waals surface area contributed by atoms with Gasteiger partial charge in [-0.3, -0.25) is 4.55 Å². The molecule has 0 radical (unpaired) electrons. The van der Waals surface area contributed by atoms with E-state index in [1.807, 2.05) is 6.07 Å². The molecule has 0 aliphatic carbocycles. The minimum absolute atomic E-state index is 0.0920. The van der Waals surface area contributed by atoms with Gasteiger partial charge in [0.25, 0.3) is 10.1 Å². The fourth-order valence-electron chi connectivity index (χ4n) is 3.62. The first-order valence-corrected chi connectivity index (χ1v) is 10.2. The lowest BCUT2D eigenvalue weighted by Crippen LogP contribution is -2.22. The van der Waals surface area contributed by atoms with Crippen molar-refractivity contribution < 1.29 is 22.4 Å². The van der Waals surface area contributed by atoms with E-state index in [2.05, 4.69) is 5.32 Å². The topological polar surface area (TPSA) is 84.9 Å². The van der Waals surface area contributed by atoms with E-state index in [0.717, 1.165) is 11.1 Å². The van der Waals surface area contributed by atoms with Crippen molar-refractivity contribution in [2.75, 3.05) is 26.3 Å². The molecule has 0 amide bonds. The molecule has 26 heavy (non-hydrogen) atoms. The van der Waals surface area contributed by atoms with Gasteiger partial charge in [-0.25, -0.2) is 0 Å². The molecular weight excluding hydrogens is 378 g/mol.